The lowest BCUT2D eigenvalue weighted by molar-refractivity contribution is -0.122. The molecule has 1 fully saturated rings. The van der Waals surface area contributed by atoms with Crippen LogP contribution in [0.4, 0.5) is 21.5 Å². The highest BCUT2D eigenvalue weighted by molar-refractivity contribution is 6.11. The monoisotopic (exact) mass is 445 g/mol. The summed E-state index contributed by atoms with van der Waals surface area (Å²) < 4.78 is 13.1. The van der Waals surface area contributed by atoms with Crippen molar-refractivity contribution in [1.82, 2.24) is 0 Å². The summed E-state index contributed by atoms with van der Waals surface area (Å²) in [6.45, 7) is 4.26. The van der Waals surface area contributed by atoms with Crippen molar-refractivity contribution in [2.45, 2.75) is 20.3 Å². The zero-order chi connectivity index (χ0) is 23.5. The predicted molar refractivity (Wildman–Crippen MR) is 126 cm³/mol. The number of anilines is 3. The van der Waals surface area contributed by atoms with E-state index in [1.54, 1.807) is 29.2 Å². The lowest BCUT2D eigenvalue weighted by atomic mass is 10.1. The van der Waals surface area contributed by atoms with Crippen LogP contribution in [0.1, 0.15) is 27.9 Å². The van der Waals surface area contributed by atoms with Gasteiger partial charge in [0.2, 0.25) is 11.8 Å². The molecule has 1 unspecified atom stereocenters. The molecule has 168 valence electrons. The molecule has 3 amide bonds. The number of aryl methyl sites for hydroxylation is 2. The van der Waals surface area contributed by atoms with Gasteiger partial charge in [0.1, 0.15) is 5.82 Å². The van der Waals surface area contributed by atoms with Crippen molar-refractivity contribution in [1.29, 1.82) is 0 Å². The quantitative estimate of drug-likeness (QED) is 0.598. The molecule has 33 heavy (non-hydrogen) atoms. The van der Waals surface area contributed by atoms with Crippen LogP contribution in [-0.2, 0) is 9.59 Å². The Morgan fingerprint density at radius 3 is 2.39 bits per heavy atom. The Bertz CT molecular complexity index is 1220. The highest BCUT2D eigenvalue weighted by atomic mass is 19.1. The molecule has 7 heteroatoms. The van der Waals surface area contributed by atoms with Crippen molar-refractivity contribution in [2.24, 2.45) is 5.92 Å². The maximum atomic E-state index is 13.1. The van der Waals surface area contributed by atoms with Gasteiger partial charge in [-0.1, -0.05) is 18.2 Å². The minimum Gasteiger partial charge on any atom is -0.325 e. The molecular formula is C26H24FN3O3. The van der Waals surface area contributed by atoms with E-state index in [1.807, 2.05) is 32.0 Å². The van der Waals surface area contributed by atoms with Crippen molar-refractivity contribution in [3.05, 3.63) is 89.2 Å². The van der Waals surface area contributed by atoms with Crippen molar-refractivity contribution in [2.75, 3.05) is 22.1 Å². The number of benzene rings is 3. The number of nitrogens with one attached hydrogen (secondary N) is 2. The summed E-state index contributed by atoms with van der Waals surface area (Å²) in [5, 5.41) is 5.50. The number of rotatable bonds is 5. The van der Waals surface area contributed by atoms with Gasteiger partial charge in [-0.3, -0.25) is 14.4 Å². The van der Waals surface area contributed by atoms with Gasteiger partial charge < -0.3 is 15.5 Å². The molecule has 1 atom stereocenters. The number of para-hydroxylation sites is 1. The van der Waals surface area contributed by atoms with Crippen LogP contribution in [0.15, 0.2) is 66.7 Å². The van der Waals surface area contributed by atoms with E-state index in [0.717, 1.165) is 16.8 Å². The summed E-state index contributed by atoms with van der Waals surface area (Å²) in [5.41, 5.74) is 4.04. The van der Waals surface area contributed by atoms with Crippen LogP contribution < -0.4 is 15.5 Å². The average Bonchev–Trinajstić information content (AvgIpc) is 3.19. The minimum atomic E-state index is -0.535. The van der Waals surface area contributed by atoms with E-state index in [-0.39, 0.29) is 30.3 Å². The highest BCUT2D eigenvalue weighted by Gasteiger charge is 2.35. The summed E-state index contributed by atoms with van der Waals surface area (Å²) in [7, 11) is 0. The Balaban J connectivity index is 1.46. The number of carbonyl (C=O) groups excluding carboxylic acids is 3. The Labute approximate surface area is 191 Å². The number of hydrogen-bond acceptors (Lipinski definition) is 3. The Morgan fingerprint density at radius 2 is 1.67 bits per heavy atom. The van der Waals surface area contributed by atoms with Crippen LogP contribution in [0, 0.1) is 25.6 Å². The maximum absolute atomic E-state index is 13.1. The molecule has 0 saturated carbocycles. The van der Waals surface area contributed by atoms with Crippen molar-refractivity contribution >= 4 is 34.8 Å². The molecule has 6 nitrogen and oxygen atoms in total. The fourth-order valence-corrected chi connectivity index (χ4v) is 3.78. The fourth-order valence-electron chi connectivity index (χ4n) is 3.78. The van der Waals surface area contributed by atoms with Gasteiger partial charge >= 0.3 is 0 Å². The standard InChI is InChI=1S/C26H24FN3O3/c1-16-7-12-21(13-17(16)2)30-15-18(14-24(30)31)25(32)29-23-6-4-3-5-22(23)26(33)28-20-10-8-19(27)9-11-20/h3-13,18H,14-15H2,1-2H3,(H,28,33)(H,29,32). The Kier molecular flexibility index (Phi) is 6.22. The van der Waals surface area contributed by atoms with Gasteiger partial charge in [-0.2, -0.15) is 0 Å². The third kappa shape index (κ3) is 4.92. The second-order valence-electron chi connectivity index (χ2n) is 8.17. The van der Waals surface area contributed by atoms with Gasteiger partial charge in [0.25, 0.3) is 5.91 Å². The predicted octanol–water partition coefficient (Wildman–Crippen LogP) is 4.69. The fraction of sp³-hybridized carbons (Fsp3) is 0.192. The molecule has 0 bridgehead atoms. The summed E-state index contributed by atoms with van der Waals surface area (Å²) in [5.74, 6) is -1.80. The summed E-state index contributed by atoms with van der Waals surface area (Å²) >= 11 is 0. The van der Waals surface area contributed by atoms with Gasteiger partial charge in [0.15, 0.2) is 0 Å². The molecule has 3 aromatic carbocycles. The second-order valence-corrected chi connectivity index (χ2v) is 8.17. The van der Waals surface area contributed by atoms with Gasteiger partial charge in [-0.15, -0.1) is 0 Å². The van der Waals surface area contributed by atoms with E-state index in [0.29, 0.717) is 11.4 Å². The largest absolute Gasteiger partial charge is 0.325 e. The topological polar surface area (TPSA) is 78.5 Å². The molecule has 3 aromatic rings. The molecule has 1 heterocycles. The molecule has 1 aliphatic rings. The molecule has 0 aliphatic carbocycles. The highest BCUT2D eigenvalue weighted by Crippen LogP contribution is 2.28. The first-order valence-electron chi connectivity index (χ1n) is 10.7. The minimum absolute atomic E-state index is 0.0999. The van der Waals surface area contributed by atoms with E-state index in [4.69, 9.17) is 0 Å². The van der Waals surface area contributed by atoms with Crippen molar-refractivity contribution < 1.29 is 18.8 Å². The summed E-state index contributed by atoms with van der Waals surface area (Å²) in [4.78, 5) is 39.9. The smallest absolute Gasteiger partial charge is 0.257 e. The van der Waals surface area contributed by atoms with Gasteiger partial charge in [-0.05, 0) is 73.5 Å². The number of hydrogen-bond donors (Lipinski definition) is 2. The normalized spacial score (nSPS) is 15.4. The van der Waals surface area contributed by atoms with Crippen molar-refractivity contribution in [3.8, 4) is 0 Å². The van der Waals surface area contributed by atoms with Crippen molar-refractivity contribution in [3.63, 3.8) is 0 Å². The van der Waals surface area contributed by atoms with E-state index >= 15 is 0 Å². The van der Waals surface area contributed by atoms with Crippen LogP contribution >= 0.6 is 0 Å². The van der Waals surface area contributed by atoms with Crippen LogP contribution in [0.3, 0.4) is 0 Å². The molecule has 0 spiro atoms. The van der Waals surface area contributed by atoms with E-state index in [9.17, 15) is 18.8 Å². The first-order valence-corrected chi connectivity index (χ1v) is 10.7. The molecule has 4 rings (SSSR count). The zero-order valence-electron chi connectivity index (χ0n) is 18.4. The van der Waals surface area contributed by atoms with E-state index < -0.39 is 17.6 Å². The zero-order valence-corrected chi connectivity index (χ0v) is 18.4. The van der Waals surface area contributed by atoms with E-state index in [2.05, 4.69) is 10.6 Å². The van der Waals surface area contributed by atoms with Crippen LogP contribution in [0.5, 0.6) is 0 Å². The molecule has 0 radical (unpaired) electrons. The summed E-state index contributed by atoms with van der Waals surface area (Å²) in [6.07, 6.45) is 0.0999. The lowest BCUT2D eigenvalue weighted by Gasteiger charge is -2.18. The molecule has 2 N–H and O–H groups in total. The van der Waals surface area contributed by atoms with Crippen LogP contribution in [0.25, 0.3) is 0 Å². The third-order valence-corrected chi connectivity index (χ3v) is 5.83. The number of carbonyl (C=O) groups is 3. The second kappa shape index (κ2) is 9.24. The molecule has 1 aliphatic heterocycles. The lowest BCUT2D eigenvalue weighted by Crippen LogP contribution is -2.28. The van der Waals surface area contributed by atoms with Crippen LogP contribution in [-0.4, -0.2) is 24.3 Å². The third-order valence-electron chi connectivity index (χ3n) is 5.83. The van der Waals surface area contributed by atoms with E-state index in [1.165, 1.54) is 24.3 Å². The van der Waals surface area contributed by atoms with Crippen LogP contribution in [0.2, 0.25) is 0 Å². The first kappa shape index (κ1) is 22.2. The first-order chi connectivity index (χ1) is 15.8. The SMILES string of the molecule is Cc1ccc(N2CC(C(=O)Nc3ccccc3C(=O)Nc3ccc(F)cc3)CC2=O)cc1C. The van der Waals surface area contributed by atoms with Gasteiger partial charge in [0.05, 0.1) is 17.2 Å². The number of halogens is 1. The molecule has 0 aromatic heterocycles. The van der Waals surface area contributed by atoms with Gasteiger partial charge in [-0.25, -0.2) is 4.39 Å². The molecule has 1 saturated heterocycles. The Hall–Kier alpha value is -4.00. The number of nitrogens with zero attached hydrogens (tertiary/aromatic N) is 1. The summed E-state index contributed by atoms with van der Waals surface area (Å²) in [6, 6.07) is 17.8. The number of amides is 3. The van der Waals surface area contributed by atoms with Gasteiger partial charge in [0, 0.05) is 24.3 Å². The maximum Gasteiger partial charge on any atom is 0.257 e. The molecular weight excluding hydrogens is 421 g/mol. The average molecular weight is 445 g/mol. The Morgan fingerprint density at radius 1 is 0.939 bits per heavy atom.